The van der Waals surface area contributed by atoms with Crippen LogP contribution in [-0.2, 0) is 19.5 Å². The van der Waals surface area contributed by atoms with E-state index in [1.807, 2.05) is 54.8 Å². The van der Waals surface area contributed by atoms with Crippen molar-refractivity contribution < 1.29 is 9.59 Å². The Kier molecular flexibility index (Phi) is 6.46. The van der Waals surface area contributed by atoms with E-state index in [0.29, 0.717) is 24.6 Å². The fraction of sp³-hybridized carbons (Fsp3) is 0.476. The Morgan fingerprint density at radius 3 is 2.57 bits per heavy atom. The van der Waals surface area contributed by atoms with Crippen LogP contribution in [-0.4, -0.2) is 53.5 Å². The second-order valence-electron chi connectivity index (χ2n) is 7.57. The van der Waals surface area contributed by atoms with Crippen molar-refractivity contribution in [2.24, 2.45) is 0 Å². The molecule has 0 aliphatic carbocycles. The number of rotatable bonds is 7. The molecule has 28 heavy (non-hydrogen) atoms. The molecule has 3 rings (SSSR count). The van der Waals surface area contributed by atoms with Crippen LogP contribution in [0.5, 0.6) is 0 Å². The summed E-state index contributed by atoms with van der Waals surface area (Å²) in [4.78, 5) is 31.8. The summed E-state index contributed by atoms with van der Waals surface area (Å²) in [5, 5.41) is 5.84. The van der Waals surface area contributed by atoms with Crippen LogP contribution in [0, 0.1) is 6.92 Å². The maximum Gasteiger partial charge on any atom is 0.287 e. The van der Waals surface area contributed by atoms with Gasteiger partial charge in [-0.05, 0) is 45.8 Å². The maximum atomic E-state index is 12.8. The topological polar surface area (TPSA) is 79.3 Å². The fourth-order valence-electron chi connectivity index (χ4n) is 3.34. The lowest BCUT2D eigenvalue weighted by molar-refractivity contribution is 0.0935. The Morgan fingerprint density at radius 2 is 1.86 bits per heavy atom. The Hall–Kier alpha value is -2.67. The average molecular weight is 383 g/mol. The monoisotopic (exact) mass is 383 g/mol. The molecule has 7 nitrogen and oxygen atoms in total. The fourth-order valence-corrected chi connectivity index (χ4v) is 3.34. The second kappa shape index (κ2) is 9.01. The van der Waals surface area contributed by atoms with Gasteiger partial charge in [0.25, 0.3) is 11.8 Å². The molecule has 0 fully saturated rings. The molecule has 2 aromatic rings. The van der Waals surface area contributed by atoms with E-state index in [0.717, 1.165) is 43.6 Å². The predicted octanol–water partition coefficient (Wildman–Crippen LogP) is 1.75. The van der Waals surface area contributed by atoms with Crippen LogP contribution in [0.25, 0.3) is 0 Å². The third-order valence-corrected chi connectivity index (χ3v) is 4.95. The molecule has 0 radical (unpaired) electrons. The van der Waals surface area contributed by atoms with Gasteiger partial charge in [-0.3, -0.25) is 9.59 Å². The molecule has 0 unspecified atom stereocenters. The van der Waals surface area contributed by atoms with Crippen LogP contribution in [0.2, 0.25) is 0 Å². The summed E-state index contributed by atoms with van der Waals surface area (Å²) < 4.78 is 1.91. The van der Waals surface area contributed by atoms with E-state index in [9.17, 15) is 9.59 Å². The predicted molar refractivity (Wildman–Crippen MR) is 108 cm³/mol. The highest BCUT2D eigenvalue weighted by Gasteiger charge is 2.27. The van der Waals surface area contributed by atoms with Crippen molar-refractivity contribution in [3.8, 4) is 0 Å². The number of carbonyl (C=O) groups excluding carboxylic acids is 2. The lowest BCUT2D eigenvalue weighted by Crippen LogP contribution is -2.32. The molecule has 7 heteroatoms. The maximum absolute atomic E-state index is 12.8. The molecule has 1 aliphatic rings. The number of likely N-dealkylation sites (N-methyl/N-ethyl adjacent to an activating group) is 1. The first-order valence-electron chi connectivity index (χ1n) is 9.82. The summed E-state index contributed by atoms with van der Waals surface area (Å²) in [5.74, 6) is -0.110. The van der Waals surface area contributed by atoms with Gasteiger partial charge < -0.3 is 20.1 Å². The largest absolute Gasteiger partial charge is 0.349 e. The SMILES string of the molecule is Cc1ccc(CNC(=O)c2nc(C(=O)NCCN(C)C)c3n2CCCC3)cc1. The van der Waals surface area contributed by atoms with E-state index in [4.69, 9.17) is 0 Å². The molecular weight excluding hydrogens is 354 g/mol. The molecular formula is C21H29N5O2. The number of amides is 2. The minimum absolute atomic E-state index is 0.204. The lowest BCUT2D eigenvalue weighted by Gasteiger charge is -2.17. The molecule has 1 aliphatic heterocycles. The number of nitrogens with zero attached hydrogens (tertiary/aromatic N) is 3. The lowest BCUT2D eigenvalue weighted by atomic mass is 10.1. The molecule has 0 atom stereocenters. The molecule has 2 heterocycles. The van der Waals surface area contributed by atoms with Crippen LogP contribution < -0.4 is 10.6 Å². The van der Waals surface area contributed by atoms with E-state index in [-0.39, 0.29) is 11.8 Å². The zero-order valence-electron chi connectivity index (χ0n) is 16.9. The molecule has 2 amide bonds. The van der Waals surface area contributed by atoms with Gasteiger partial charge in [0, 0.05) is 26.2 Å². The first kappa shape index (κ1) is 20.1. The molecule has 150 valence electrons. The zero-order valence-corrected chi connectivity index (χ0v) is 16.9. The Balaban J connectivity index is 1.73. The van der Waals surface area contributed by atoms with Crippen molar-refractivity contribution in [2.75, 3.05) is 27.2 Å². The van der Waals surface area contributed by atoms with Crippen molar-refractivity contribution in [3.05, 3.63) is 52.6 Å². The third-order valence-electron chi connectivity index (χ3n) is 4.95. The number of benzene rings is 1. The van der Waals surface area contributed by atoms with Crippen LogP contribution >= 0.6 is 0 Å². The highest BCUT2D eigenvalue weighted by molar-refractivity contribution is 5.97. The summed E-state index contributed by atoms with van der Waals surface area (Å²) in [5.41, 5.74) is 3.47. The van der Waals surface area contributed by atoms with Gasteiger partial charge in [0.05, 0.1) is 5.69 Å². The molecule has 0 spiro atoms. The van der Waals surface area contributed by atoms with Crippen molar-refractivity contribution in [2.45, 2.75) is 39.3 Å². The smallest absolute Gasteiger partial charge is 0.287 e. The van der Waals surface area contributed by atoms with Gasteiger partial charge in [-0.2, -0.15) is 0 Å². The van der Waals surface area contributed by atoms with Gasteiger partial charge in [0.2, 0.25) is 0 Å². The number of hydrogen-bond donors (Lipinski definition) is 2. The van der Waals surface area contributed by atoms with Gasteiger partial charge >= 0.3 is 0 Å². The highest BCUT2D eigenvalue weighted by Crippen LogP contribution is 2.21. The third kappa shape index (κ3) is 4.78. The number of nitrogens with one attached hydrogen (secondary N) is 2. The molecule has 0 saturated heterocycles. The second-order valence-corrected chi connectivity index (χ2v) is 7.57. The Morgan fingerprint density at radius 1 is 1.11 bits per heavy atom. The van der Waals surface area contributed by atoms with Gasteiger partial charge in [0.1, 0.15) is 5.69 Å². The Bertz CT molecular complexity index is 839. The summed E-state index contributed by atoms with van der Waals surface area (Å²) in [6.45, 7) is 4.50. The van der Waals surface area contributed by atoms with E-state index in [2.05, 4.69) is 15.6 Å². The molecule has 1 aromatic heterocycles. The number of fused-ring (bicyclic) bond motifs is 1. The molecule has 0 bridgehead atoms. The molecule has 1 aromatic carbocycles. The summed E-state index contributed by atoms with van der Waals surface area (Å²) in [6, 6.07) is 8.05. The summed E-state index contributed by atoms with van der Waals surface area (Å²) in [6.07, 6.45) is 2.77. The van der Waals surface area contributed by atoms with E-state index < -0.39 is 0 Å². The number of aryl methyl sites for hydroxylation is 1. The van der Waals surface area contributed by atoms with Gasteiger partial charge in [-0.15, -0.1) is 0 Å². The van der Waals surface area contributed by atoms with Crippen LogP contribution in [0.4, 0.5) is 0 Å². The van der Waals surface area contributed by atoms with Gasteiger partial charge in [-0.1, -0.05) is 29.8 Å². The highest BCUT2D eigenvalue weighted by atomic mass is 16.2. The van der Waals surface area contributed by atoms with E-state index in [1.165, 1.54) is 5.56 Å². The number of imidazole rings is 1. The standard InChI is InChI=1S/C21H29N5O2/c1-15-7-9-16(10-8-15)14-23-21(28)19-24-18(17-6-4-5-12-26(17)19)20(27)22-11-13-25(2)3/h7-10H,4-6,11-14H2,1-3H3,(H,22,27)(H,23,28). The minimum Gasteiger partial charge on any atom is -0.349 e. The van der Waals surface area contributed by atoms with Gasteiger partial charge in [0.15, 0.2) is 5.82 Å². The van der Waals surface area contributed by atoms with Crippen molar-refractivity contribution in [1.82, 2.24) is 25.1 Å². The normalized spacial score (nSPS) is 13.3. The van der Waals surface area contributed by atoms with Crippen LogP contribution in [0.15, 0.2) is 24.3 Å². The summed E-state index contributed by atoms with van der Waals surface area (Å²) in [7, 11) is 3.92. The first-order valence-corrected chi connectivity index (χ1v) is 9.82. The van der Waals surface area contributed by atoms with Crippen LogP contribution in [0.1, 0.15) is 50.8 Å². The first-order chi connectivity index (χ1) is 13.5. The quantitative estimate of drug-likeness (QED) is 0.763. The van der Waals surface area contributed by atoms with Crippen molar-refractivity contribution in [1.29, 1.82) is 0 Å². The molecule has 0 saturated carbocycles. The number of aromatic nitrogens is 2. The Labute approximate surface area is 166 Å². The minimum atomic E-state index is -0.240. The molecule has 2 N–H and O–H groups in total. The van der Waals surface area contributed by atoms with E-state index in [1.54, 1.807) is 0 Å². The number of hydrogen-bond acceptors (Lipinski definition) is 4. The average Bonchev–Trinajstić information content (AvgIpc) is 3.07. The van der Waals surface area contributed by atoms with Crippen LogP contribution in [0.3, 0.4) is 0 Å². The van der Waals surface area contributed by atoms with Crippen molar-refractivity contribution >= 4 is 11.8 Å². The summed E-state index contributed by atoms with van der Waals surface area (Å²) >= 11 is 0. The number of carbonyl (C=O) groups is 2. The zero-order chi connectivity index (χ0) is 20.1. The van der Waals surface area contributed by atoms with E-state index >= 15 is 0 Å². The van der Waals surface area contributed by atoms with Gasteiger partial charge in [-0.25, -0.2) is 4.98 Å². The van der Waals surface area contributed by atoms with Crippen molar-refractivity contribution in [3.63, 3.8) is 0 Å².